The van der Waals surface area contributed by atoms with E-state index >= 15 is 0 Å². The van der Waals surface area contributed by atoms with Crippen molar-refractivity contribution in [3.05, 3.63) is 0 Å². The lowest BCUT2D eigenvalue weighted by atomic mass is 9.43. The number of nitrogens with two attached hydrogens (primary N) is 1. The van der Waals surface area contributed by atoms with E-state index < -0.39 is 0 Å². The monoisotopic (exact) mass is 502 g/mol. The molecule has 1 heterocycles. The summed E-state index contributed by atoms with van der Waals surface area (Å²) in [6.07, 6.45) is 11.1. The summed E-state index contributed by atoms with van der Waals surface area (Å²) >= 11 is 0. The zero-order valence-corrected chi connectivity index (χ0v) is 22.8. The quantitative estimate of drug-likeness (QED) is 0.526. The maximum Gasteiger partial charge on any atom is 0.222 e. The van der Waals surface area contributed by atoms with Gasteiger partial charge in [-0.25, -0.2) is 0 Å². The Morgan fingerprint density at radius 2 is 1.61 bits per heavy atom. The Labute approximate surface area is 217 Å². The number of nitrogens with zero attached hydrogens (tertiary/aromatic N) is 1. The molecule has 204 valence electrons. The van der Waals surface area contributed by atoms with E-state index in [-0.39, 0.29) is 40.8 Å². The van der Waals surface area contributed by atoms with Crippen molar-refractivity contribution in [1.82, 2.24) is 4.90 Å². The van der Waals surface area contributed by atoms with Gasteiger partial charge < -0.3 is 20.8 Å². The summed E-state index contributed by atoms with van der Waals surface area (Å²) in [5.74, 6) is 3.04. The fourth-order valence-corrected chi connectivity index (χ4v) is 10.3. The molecule has 0 spiro atoms. The van der Waals surface area contributed by atoms with Gasteiger partial charge in [-0.2, -0.15) is 0 Å². The Hall–Kier alpha value is -1.14. The van der Waals surface area contributed by atoms with Gasteiger partial charge in [0.05, 0.1) is 12.2 Å². The highest BCUT2D eigenvalue weighted by atomic mass is 16.3. The van der Waals surface area contributed by atoms with Crippen molar-refractivity contribution in [3.8, 4) is 0 Å². The van der Waals surface area contributed by atoms with Gasteiger partial charge in [-0.3, -0.25) is 9.59 Å². The molecule has 2 amide bonds. The van der Waals surface area contributed by atoms with Crippen molar-refractivity contribution in [2.75, 3.05) is 13.1 Å². The zero-order chi connectivity index (χ0) is 25.8. The van der Waals surface area contributed by atoms with Crippen LogP contribution in [0.2, 0.25) is 0 Å². The average molecular weight is 503 g/mol. The Balaban J connectivity index is 1.21. The molecule has 36 heavy (non-hydrogen) atoms. The van der Waals surface area contributed by atoms with Crippen LogP contribution in [0, 0.1) is 52.3 Å². The van der Waals surface area contributed by atoms with Gasteiger partial charge in [0.1, 0.15) is 0 Å². The molecule has 6 nitrogen and oxygen atoms in total. The van der Waals surface area contributed by atoms with Crippen LogP contribution in [-0.4, -0.2) is 52.2 Å². The van der Waals surface area contributed by atoms with E-state index in [0.29, 0.717) is 67.9 Å². The van der Waals surface area contributed by atoms with E-state index in [4.69, 9.17) is 5.73 Å². The number of carbonyl (C=O) groups is 2. The number of carbonyl (C=O) groups excluding carboxylic acids is 2. The third kappa shape index (κ3) is 4.42. The number of aliphatic hydroxyl groups is 2. The van der Waals surface area contributed by atoms with Crippen molar-refractivity contribution in [2.24, 2.45) is 58.0 Å². The van der Waals surface area contributed by atoms with Crippen LogP contribution in [0.25, 0.3) is 0 Å². The second kappa shape index (κ2) is 9.87. The van der Waals surface area contributed by atoms with Crippen LogP contribution >= 0.6 is 0 Å². The molecule has 10 unspecified atom stereocenters. The number of aliphatic hydroxyl groups excluding tert-OH is 2. The standard InChI is InChI=1S/C30H50N2O4/c1-18(4-7-26(35)32-14-10-19(11-15-32)28(31)36)22-5-6-23-27-24(9-13-30(22,23)3)29(2)12-8-21(33)16-20(29)17-25(27)34/h18-25,27,33-34H,4-17H2,1-3H3,(H2,31,36). The molecule has 0 bridgehead atoms. The van der Waals surface area contributed by atoms with Gasteiger partial charge in [0, 0.05) is 25.4 Å². The molecule has 4 N–H and O–H groups in total. The fourth-order valence-electron chi connectivity index (χ4n) is 10.3. The summed E-state index contributed by atoms with van der Waals surface area (Å²) in [7, 11) is 0. The number of hydrogen-bond donors (Lipinski definition) is 3. The molecule has 10 atom stereocenters. The van der Waals surface area contributed by atoms with Crippen LogP contribution < -0.4 is 5.73 Å². The molecule has 0 aromatic rings. The lowest BCUT2D eigenvalue weighted by Gasteiger charge is -2.62. The summed E-state index contributed by atoms with van der Waals surface area (Å²) < 4.78 is 0. The summed E-state index contributed by atoms with van der Waals surface area (Å²) in [5, 5.41) is 21.8. The molecule has 0 aromatic heterocycles. The highest BCUT2D eigenvalue weighted by molar-refractivity contribution is 5.78. The van der Waals surface area contributed by atoms with Crippen molar-refractivity contribution < 1.29 is 19.8 Å². The summed E-state index contributed by atoms with van der Waals surface area (Å²) in [5.41, 5.74) is 5.97. The minimum atomic E-state index is -0.234. The van der Waals surface area contributed by atoms with Crippen molar-refractivity contribution >= 4 is 11.8 Å². The lowest BCUT2D eigenvalue weighted by Crippen LogP contribution is -2.58. The predicted octanol–water partition coefficient (Wildman–Crippen LogP) is 4.12. The first-order valence-corrected chi connectivity index (χ1v) is 15.0. The van der Waals surface area contributed by atoms with Crippen LogP contribution in [-0.2, 0) is 9.59 Å². The van der Waals surface area contributed by atoms with Gasteiger partial charge in [0.15, 0.2) is 0 Å². The van der Waals surface area contributed by atoms with Crippen LogP contribution in [0.3, 0.4) is 0 Å². The minimum absolute atomic E-state index is 0.0789. The van der Waals surface area contributed by atoms with Crippen LogP contribution in [0.1, 0.15) is 97.8 Å². The van der Waals surface area contributed by atoms with E-state index in [2.05, 4.69) is 20.8 Å². The second-order valence-electron chi connectivity index (χ2n) is 14.0. The Bertz CT molecular complexity index is 841. The van der Waals surface area contributed by atoms with Gasteiger partial charge in [-0.1, -0.05) is 20.8 Å². The molecular formula is C30H50N2O4. The van der Waals surface area contributed by atoms with Crippen LogP contribution in [0.15, 0.2) is 0 Å². The average Bonchev–Trinajstić information content (AvgIpc) is 3.20. The Morgan fingerprint density at radius 3 is 2.31 bits per heavy atom. The summed E-state index contributed by atoms with van der Waals surface area (Å²) in [6.45, 7) is 8.64. The highest BCUT2D eigenvalue weighted by Crippen LogP contribution is 2.68. The highest BCUT2D eigenvalue weighted by Gasteiger charge is 2.62. The first kappa shape index (κ1) is 26.5. The van der Waals surface area contributed by atoms with Crippen LogP contribution in [0.5, 0.6) is 0 Å². The number of amides is 2. The minimum Gasteiger partial charge on any atom is -0.393 e. The Kier molecular flexibility index (Phi) is 7.26. The summed E-state index contributed by atoms with van der Waals surface area (Å²) in [4.78, 5) is 26.3. The molecule has 4 aliphatic carbocycles. The third-order valence-electron chi connectivity index (χ3n) is 12.5. The van der Waals surface area contributed by atoms with Gasteiger partial charge in [-0.05, 0) is 117 Å². The molecule has 6 heteroatoms. The number of likely N-dealkylation sites (tertiary alicyclic amines) is 1. The predicted molar refractivity (Wildman–Crippen MR) is 140 cm³/mol. The van der Waals surface area contributed by atoms with E-state index in [1.165, 1.54) is 25.7 Å². The molecular weight excluding hydrogens is 452 g/mol. The number of piperidine rings is 1. The SMILES string of the molecule is CC(CCC(=O)N1CCC(C(N)=O)CC1)C1CCC2C3C(O)CC4CC(O)CCC4(C)C3CCC12C. The normalized spacial score (nSPS) is 45.9. The molecule has 5 rings (SSSR count). The molecule has 1 aliphatic heterocycles. The lowest BCUT2D eigenvalue weighted by molar-refractivity contribution is -0.174. The van der Waals surface area contributed by atoms with E-state index in [0.717, 1.165) is 32.1 Å². The zero-order valence-electron chi connectivity index (χ0n) is 22.8. The maximum atomic E-state index is 12.9. The van der Waals surface area contributed by atoms with E-state index in [1.54, 1.807) is 0 Å². The van der Waals surface area contributed by atoms with E-state index in [9.17, 15) is 19.8 Å². The second-order valence-corrected chi connectivity index (χ2v) is 14.0. The molecule has 0 radical (unpaired) electrons. The topological polar surface area (TPSA) is 104 Å². The number of primary amides is 1. The summed E-state index contributed by atoms with van der Waals surface area (Å²) in [6, 6.07) is 0. The molecule has 4 saturated carbocycles. The first-order chi connectivity index (χ1) is 17.0. The van der Waals surface area contributed by atoms with Crippen molar-refractivity contribution in [3.63, 3.8) is 0 Å². The van der Waals surface area contributed by atoms with Crippen molar-refractivity contribution in [1.29, 1.82) is 0 Å². The molecule has 1 saturated heterocycles. The van der Waals surface area contributed by atoms with Crippen LogP contribution in [0.4, 0.5) is 0 Å². The fraction of sp³-hybridized carbons (Fsp3) is 0.933. The number of rotatable bonds is 5. The largest absolute Gasteiger partial charge is 0.393 e. The molecule has 5 aliphatic rings. The Morgan fingerprint density at radius 1 is 0.944 bits per heavy atom. The number of hydrogen-bond acceptors (Lipinski definition) is 4. The van der Waals surface area contributed by atoms with E-state index in [1.807, 2.05) is 4.90 Å². The molecule has 0 aromatic carbocycles. The van der Waals surface area contributed by atoms with Gasteiger partial charge in [0.2, 0.25) is 11.8 Å². The number of fused-ring (bicyclic) bond motifs is 5. The van der Waals surface area contributed by atoms with Gasteiger partial charge in [-0.15, -0.1) is 0 Å². The molecule has 5 fully saturated rings. The van der Waals surface area contributed by atoms with Gasteiger partial charge in [0.25, 0.3) is 0 Å². The first-order valence-electron chi connectivity index (χ1n) is 15.0. The maximum absolute atomic E-state index is 12.9. The van der Waals surface area contributed by atoms with Gasteiger partial charge >= 0.3 is 0 Å². The third-order valence-corrected chi connectivity index (χ3v) is 12.5. The van der Waals surface area contributed by atoms with Crippen molar-refractivity contribution in [2.45, 2.75) is 110 Å². The smallest absolute Gasteiger partial charge is 0.222 e.